The lowest BCUT2D eigenvalue weighted by Crippen LogP contribution is -2.36. The van der Waals surface area contributed by atoms with Crippen molar-refractivity contribution in [2.24, 2.45) is 0 Å². The summed E-state index contributed by atoms with van der Waals surface area (Å²) in [6.45, 7) is 4.49. The van der Waals surface area contributed by atoms with Crippen molar-refractivity contribution in [1.82, 2.24) is 9.88 Å². The summed E-state index contributed by atoms with van der Waals surface area (Å²) in [4.78, 5) is 19.0. The summed E-state index contributed by atoms with van der Waals surface area (Å²) in [5, 5.41) is 3.19. The molecule has 3 rings (SSSR count). The van der Waals surface area contributed by atoms with Crippen LogP contribution in [0.1, 0.15) is 36.3 Å². The molecule has 2 aromatic rings. The van der Waals surface area contributed by atoms with Gasteiger partial charge in [0.1, 0.15) is 5.69 Å². The number of rotatable bonds is 6. The SMILES string of the molecule is CC(C)N(Cc1ccccc1)C(=O)c1ccc(NC2CCS(=O)(=O)C2)cn1. The van der Waals surface area contributed by atoms with E-state index in [1.165, 1.54) is 0 Å². The van der Waals surface area contributed by atoms with Crippen LogP contribution in [0.15, 0.2) is 48.7 Å². The number of aromatic nitrogens is 1. The van der Waals surface area contributed by atoms with Crippen molar-refractivity contribution in [3.63, 3.8) is 0 Å². The number of hydrogen-bond donors (Lipinski definition) is 1. The Morgan fingerprint density at radius 2 is 1.96 bits per heavy atom. The van der Waals surface area contributed by atoms with Gasteiger partial charge in [-0.25, -0.2) is 13.4 Å². The Hall–Kier alpha value is -2.41. The van der Waals surface area contributed by atoms with Crippen molar-refractivity contribution < 1.29 is 13.2 Å². The fourth-order valence-electron chi connectivity index (χ4n) is 3.17. The van der Waals surface area contributed by atoms with E-state index in [9.17, 15) is 13.2 Å². The van der Waals surface area contributed by atoms with Gasteiger partial charge >= 0.3 is 0 Å². The molecule has 1 N–H and O–H groups in total. The average molecular weight is 388 g/mol. The summed E-state index contributed by atoms with van der Waals surface area (Å²) in [7, 11) is -2.93. The van der Waals surface area contributed by atoms with Crippen molar-refractivity contribution in [3.8, 4) is 0 Å². The quantitative estimate of drug-likeness (QED) is 0.824. The van der Waals surface area contributed by atoms with Gasteiger partial charge in [0, 0.05) is 18.6 Å². The molecule has 1 amide bonds. The third-order valence-electron chi connectivity index (χ3n) is 4.67. The summed E-state index contributed by atoms with van der Waals surface area (Å²) < 4.78 is 23.1. The van der Waals surface area contributed by atoms with Gasteiger partial charge in [0.25, 0.3) is 5.91 Å². The maximum absolute atomic E-state index is 12.9. The van der Waals surface area contributed by atoms with E-state index in [1.807, 2.05) is 44.2 Å². The first-order chi connectivity index (χ1) is 12.8. The van der Waals surface area contributed by atoms with Crippen LogP contribution in [0.25, 0.3) is 0 Å². The minimum absolute atomic E-state index is 0.0426. The lowest BCUT2D eigenvalue weighted by atomic mass is 10.1. The van der Waals surface area contributed by atoms with Gasteiger partial charge in [-0.15, -0.1) is 0 Å². The fraction of sp³-hybridized carbons (Fsp3) is 0.400. The Morgan fingerprint density at radius 1 is 1.22 bits per heavy atom. The highest BCUT2D eigenvalue weighted by Crippen LogP contribution is 2.18. The van der Waals surface area contributed by atoms with Gasteiger partial charge in [0.2, 0.25) is 0 Å². The van der Waals surface area contributed by atoms with Crippen LogP contribution in [0.3, 0.4) is 0 Å². The lowest BCUT2D eigenvalue weighted by Gasteiger charge is -2.26. The van der Waals surface area contributed by atoms with Gasteiger partial charge in [-0.2, -0.15) is 0 Å². The molecule has 1 aliphatic heterocycles. The Labute approximate surface area is 160 Å². The van der Waals surface area contributed by atoms with E-state index in [0.29, 0.717) is 18.7 Å². The predicted octanol–water partition coefficient (Wildman–Crippen LogP) is 2.73. The molecule has 1 aliphatic rings. The molecule has 0 radical (unpaired) electrons. The lowest BCUT2D eigenvalue weighted by molar-refractivity contribution is 0.0684. The second kappa shape index (κ2) is 8.08. The molecule has 0 spiro atoms. The molecule has 1 aromatic carbocycles. The smallest absolute Gasteiger partial charge is 0.272 e. The molecule has 1 aromatic heterocycles. The van der Waals surface area contributed by atoms with E-state index in [2.05, 4.69) is 10.3 Å². The molecule has 144 valence electrons. The summed E-state index contributed by atoms with van der Waals surface area (Å²) in [6, 6.07) is 13.3. The molecule has 1 atom stereocenters. The van der Waals surface area contributed by atoms with Crippen LogP contribution in [0.4, 0.5) is 5.69 Å². The normalized spacial score (nSPS) is 18.4. The fourth-order valence-corrected chi connectivity index (χ4v) is 4.84. The molecule has 0 bridgehead atoms. The third-order valence-corrected chi connectivity index (χ3v) is 6.43. The van der Waals surface area contributed by atoms with Crippen LogP contribution >= 0.6 is 0 Å². The van der Waals surface area contributed by atoms with E-state index in [4.69, 9.17) is 0 Å². The number of pyridine rings is 1. The number of nitrogens with zero attached hydrogens (tertiary/aromatic N) is 2. The molecule has 1 saturated heterocycles. The Balaban J connectivity index is 1.68. The second-order valence-corrected chi connectivity index (χ2v) is 9.42. The molecule has 0 aliphatic carbocycles. The van der Waals surface area contributed by atoms with E-state index < -0.39 is 9.84 Å². The number of carbonyl (C=O) groups excluding carboxylic acids is 1. The summed E-state index contributed by atoms with van der Waals surface area (Å²) in [5.41, 5.74) is 2.18. The van der Waals surface area contributed by atoms with Gasteiger partial charge in [0.05, 0.1) is 23.4 Å². The van der Waals surface area contributed by atoms with E-state index >= 15 is 0 Å². The average Bonchev–Trinajstić information content (AvgIpc) is 2.99. The van der Waals surface area contributed by atoms with Crippen LogP contribution in [-0.2, 0) is 16.4 Å². The number of sulfone groups is 1. The van der Waals surface area contributed by atoms with Gasteiger partial charge in [-0.1, -0.05) is 30.3 Å². The second-order valence-electron chi connectivity index (χ2n) is 7.19. The monoisotopic (exact) mass is 387 g/mol. The Bertz CT molecular complexity index is 880. The summed E-state index contributed by atoms with van der Waals surface area (Å²) in [6.07, 6.45) is 2.19. The number of amides is 1. The zero-order valence-corrected chi connectivity index (χ0v) is 16.4. The summed E-state index contributed by atoms with van der Waals surface area (Å²) in [5.74, 6) is 0.243. The number of anilines is 1. The van der Waals surface area contributed by atoms with Crippen LogP contribution in [0.5, 0.6) is 0 Å². The van der Waals surface area contributed by atoms with Crippen molar-refractivity contribution >= 4 is 21.4 Å². The minimum Gasteiger partial charge on any atom is -0.380 e. The highest BCUT2D eigenvalue weighted by molar-refractivity contribution is 7.91. The zero-order chi connectivity index (χ0) is 19.4. The highest BCUT2D eigenvalue weighted by Gasteiger charge is 2.28. The first-order valence-electron chi connectivity index (χ1n) is 9.12. The van der Waals surface area contributed by atoms with Gasteiger partial charge < -0.3 is 10.2 Å². The third kappa shape index (κ3) is 5.07. The number of nitrogens with one attached hydrogen (secondary N) is 1. The van der Waals surface area contributed by atoms with E-state index in [1.54, 1.807) is 23.2 Å². The molecular formula is C20H25N3O3S. The maximum atomic E-state index is 12.9. The Morgan fingerprint density at radius 3 is 2.52 bits per heavy atom. The molecule has 27 heavy (non-hydrogen) atoms. The van der Waals surface area contributed by atoms with Crippen LogP contribution in [0, 0.1) is 0 Å². The van der Waals surface area contributed by atoms with Gasteiger partial charge in [-0.05, 0) is 38.0 Å². The maximum Gasteiger partial charge on any atom is 0.272 e. The highest BCUT2D eigenvalue weighted by atomic mass is 32.2. The predicted molar refractivity (Wildman–Crippen MR) is 106 cm³/mol. The molecule has 7 heteroatoms. The minimum atomic E-state index is -2.93. The van der Waals surface area contributed by atoms with Crippen LogP contribution in [-0.4, -0.2) is 47.8 Å². The summed E-state index contributed by atoms with van der Waals surface area (Å²) >= 11 is 0. The van der Waals surface area contributed by atoms with Gasteiger partial charge in [-0.3, -0.25) is 4.79 Å². The number of carbonyl (C=O) groups is 1. The van der Waals surface area contributed by atoms with E-state index in [0.717, 1.165) is 11.3 Å². The largest absolute Gasteiger partial charge is 0.380 e. The van der Waals surface area contributed by atoms with Crippen molar-refractivity contribution in [2.45, 2.75) is 38.9 Å². The molecule has 1 unspecified atom stereocenters. The zero-order valence-electron chi connectivity index (χ0n) is 15.6. The molecule has 1 fully saturated rings. The molecule has 2 heterocycles. The number of hydrogen-bond acceptors (Lipinski definition) is 5. The van der Waals surface area contributed by atoms with Crippen LogP contribution < -0.4 is 5.32 Å². The van der Waals surface area contributed by atoms with E-state index in [-0.39, 0.29) is 29.5 Å². The van der Waals surface area contributed by atoms with Crippen molar-refractivity contribution in [1.29, 1.82) is 0 Å². The van der Waals surface area contributed by atoms with Crippen LogP contribution in [0.2, 0.25) is 0 Å². The topological polar surface area (TPSA) is 79.4 Å². The Kier molecular flexibility index (Phi) is 5.79. The standard InChI is InChI=1S/C20H25N3O3S/c1-15(2)23(13-16-6-4-3-5-7-16)20(24)19-9-8-17(12-21-19)22-18-10-11-27(25,26)14-18/h3-9,12,15,18,22H,10-11,13-14H2,1-2H3. The van der Waals surface area contributed by atoms with Crippen molar-refractivity contribution in [2.75, 3.05) is 16.8 Å². The first kappa shape index (κ1) is 19.4. The molecule has 6 nitrogen and oxygen atoms in total. The van der Waals surface area contributed by atoms with Crippen molar-refractivity contribution in [3.05, 3.63) is 59.9 Å². The first-order valence-corrected chi connectivity index (χ1v) is 10.9. The number of benzene rings is 1. The molecular weight excluding hydrogens is 362 g/mol. The molecule has 0 saturated carbocycles. The van der Waals surface area contributed by atoms with Gasteiger partial charge in [0.15, 0.2) is 9.84 Å².